The molecule has 35 heavy (non-hydrogen) atoms. The highest BCUT2D eigenvalue weighted by Gasteiger charge is 2.17. The molecule has 0 saturated heterocycles. The molecule has 0 saturated carbocycles. The quantitative estimate of drug-likeness (QED) is 0.434. The fourth-order valence-corrected chi connectivity index (χ4v) is 3.91. The van der Waals surface area contributed by atoms with E-state index in [1.165, 1.54) is 4.57 Å². The average Bonchev–Trinajstić information content (AvgIpc) is 2.88. The SMILES string of the molecule is CCc1ccc(NC(=O)Cn2c(=O)n(-c3ccc(CC(=O)NC)cc3)c(=O)c3ccccc32)cc1. The van der Waals surface area contributed by atoms with E-state index in [1.807, 2.05) is 24.3 Å². The van der Waals surface area contributed by atoms with Crippen LogP contribution in [0.2, 0.25) is 0 Å². The molecule has 1 heterocycles. The maximum absolute atomic E-state index is 13.5. The van der Waals surface area contributed by atoms with Gasteiger partial charge in [0.2, 0.25) is 11.8 Å². The molecule has 0 spiro atoms. The summed E-state index contributed by atoms with van der Waals surface area (Å²) in [6.45, 7) is 1.79. The van der Waals surface area contributed by atoms with Crippen molar-refractivity contribution < 1.29 is 9.59 Å². The average molecular weight is 471 g/mol. The van der Waals surface area contributed by atoms with Crippen molar-refractivity contribution in [2.75, 3.05) is 12.4 Å². The van der Waals surface area contributed by atoms with Gasteiger partial charge in [0.05, 0.1) is 23.0 Å². The van der Waals surface area contributed by atoms with Gasteiger partial charge >= 0.3 is 5.69 Å². The smallest absolute Gasteiger partial charge is 0.336 e. The predicted octanol–water partition coefficient (Wildman–Crippen LogP) is 2.64. The number of carbonyl (C=O) groups is 2. The number of nitrogens with one attached hydrogen (secondary N) is 2. The van der Waals surface area contributed by atoms with E-state index < -0.39 is 11.2 Å². The van der Waals surface area contributed by atoms with Crippen LogP contribution in [0.25, 0.3) is 16.6 Å². The Balaban J connectivity index is 1.72. The van der Waals surface area contributed by atoms with Crippen LogP contribution < -0.4 is 21.9 Å². The van der Waals surface area contributed by atoms with Gasteiger partial charge in [0.25, 0.3) is 5.56 Å². The molecule has 178 valence electrons. The number of hydrogen-bond donors (Lipinski definition) is 2. The van der Waals surface area contributed by atoms with Gasteiger partial charge in [-0.15, -0.1) is 0 Å². The number of likely N-dealkylation sites (N-methyl/N-ethyl adjacent to an activating group) is 1. The minimum atomic E-state index is -0.621. The predicted molar refractivity (Wildman–Crippen MR) is 136 cm³/mol. The van der Waals surface area contributed by atoms with Gasteiger partial charge in [0.1, 0.15) is 6.54 Å². The zero-order valence-corrected chi connectivity index (χ0v) is 19.6. The zero-order chi connectivity index (χ0) is 24.9. The molecule has 4 rings (SSSR count). The summed E-state index contributed by atoms with van der Waals surface area (Å²) in [6, 6.07) is 20.9. The second kappa shape index (κ2) is 10.2. The van der Waals surface area contributed by atoms with Gasteiger partial charge < -0.3 is 10.6 Å². The Morgan fingerprint density at radius 3 is 2.14 bits per heavy atom. The van der Waals surface area contributed by atoms with Crippen molar-refractivity contribution in [1.29, 1.82) is 0 Å². The van der Waals surface area contributed by atoms with E-state index in [1.54, 1.807) is 55.6 Å². The van der Waals surface area contributed by atoms with Crippen LogP contribution in [0.3, 0.4) is 0 Å². The van der Waals surface area contributed by atoms with Crippen LogP contribution in [0.1, 0.15) is 18.1 Å². The number of benzene rings is 3. The van der Waals surface area contributed by atoms with E-state index in [-0.39, 0.29) is 24.8 Å². The number of para-hydroxylation sites is 1. The fourth-order valence-electron chi connectivity index (χ4n) is 3.91. The highest BCUT2D eigenvalue weighted by Crippen LogP contribution is 2.13. The number of hydrogen-bond acceptors (Lipinski definition) is 4. The van der Waals surface area contributed by atoms with Crippen molar-refractivity contribution in [1.82, 2.24) is 14.5 Å². The highest BCUT2D eigenvalue weighted by molar-refractivity contribution is 5.91. The van der Waals surface area contributed by atoms with Crippen molar-refractivity contribution in [3.63, 3.8) is 0 Å². The first-order chi connectivity index (χ1) is 16.9. The van der Waals surface area contributed by atoms with Crippen LogP contribution in [-0.2, 0) is 29.0 Å². The number of fused-ring (bicyclic) bond motifs is 1. The van der Waals surface area contributed by atoms with Gasteiger partial charge in [0, 0.05) is 12.7 Å². The van der Waals surface area contributed by atoms with E-state index in [0.29, 0.717) is 22.3 Å². The Bertz CT molecular complexity index is 1500. The molecule has 0 fully saturated rings. The summed E-state index contributed by atoms with van der Waals surface area (Å²) in [7, 11) is 1.56. The molecule has 0 aliphatic rings. The molecular weight excluding hydrogens is 444 g/mol. The Morgan fingerprint density at radius 1 is 0.829 bits per heavy atom. The third-order valence-electron chi connectivity index (χ3n) is 5.84. The standard InChI is InChI=1S/C27H26N4O4/c1-3-18-8-12-20(13-9-18)29-25(33)17-30-23-7-5-4-6-22(23)26(34)31(27(30)35)21-14-10-19(11-15-21)16-24(32)28-2/h4-15H,3,16-17H2,1-2H3,(H,28,32)(H,29,33). The number of aromatic nitrogens is 2. The second-order valence-electron chi connectivity index (χ2n) is 8.14. The van der Waals surface area contributed by atoms with E-state index in [4.69, 9.17) is 0 Å². The van der Waals surface area contributed by atoms with Crippen LogP contribution in [-0.4, -0.2) is 28.0 Å². The third kappa shape index (κ3) is 5.06. The molecule has 2 N–H and O–H groups in total. The van der Waals surface area contributed by atoms with Gasteiger partial charge in [-0.25, -0.2) is 9.36 Å². The summed E-state index contributed by atoms with van der Waals surface area (Å²) in [5.41, 5.74) is 2.17. The van der Waals surface area contributed by atoms with Gasteiger partial charge in [-0.3, -0.25) is 19.0 Å². The number of anilines is 1. The lowest BCUT2D eigenvalue weighted by Gasteiger charge is -2.14. The first-order valence-corrected chi connectivity index (χ1v) is 11.3. The van der Waals surface area contributed by atoms with Crippen molar-refractivity contribution in [3.05, 3.63) is 105 Å². The molecule has 8 nitrogen and oxygen atoms in total. The van der Waals surface area contributed by atoms with Gasteiger partial charge in [-0.1, -0.05) is 43.3 Å². The Kier molecular flexibility index (Phi) is 6.91. The van der Waals surface area contributed by atoms with Crippen molar-refractivity contribution in [3.8, 4) is 5.69 Å². The Hall–Kier alpha value is -4.46. The third-order valence-corrected chi connectivity index (χ3v) is 5.84. The second-order valence-corrected chi connectivity index (χ2v) is 8.14. The van der Waals surface area contributed by atoms with Gasteiger partial charge in [-0.05, 0) is 53.9 Å². The Labute approximate surface area is 201 Å². The van der Waals surface area contributed by atoms with Gasteiger partial charge in [-0.2, -0.15) is 0 Å². The van der Waals surface area contributed by atoms with Crippen LogP contribution >= 0.6 is 0 Å². The van der Waals surface area contributed by atoms with E-state index >= 15 is 0 Å². The molecular formula is C27H26N4O4. The van der Waals surface area contributed by atoms with Crippen molar-refractivity contribution in [2.45, 2.75) is 26.3 Å². The van der Waals surface area contributed by atoms with Gasteiger partial charge in [0.15, 0.2) is 0 Å². The first-order valence-electron chi connectivity index (χ1n) is 11.3. The summed E-state index contributed by atoms with van der Waals surface area (Å²) < 4.78 is 2.35. The minimum absolute atomic E-state index is 0.140. The van der Waals surface area contributed by atoms with Crippen molar-refractivity contribution >= 4 is 28.4 Å². The lowest BCUT2D eigenvalue weighted by atomic mass is 10.1. The molecule has 3 aromatic carbocycles. The topological polar surface area (TPSA) is 102 Å². The number of aryl methyl sites for hydroxylation is 1. The van der Waals surface area contributed by atoms with Crippen LogP contribution in [0, 0.1) is 0 Å². The minimum Gasteiger partial charge on any atom is -0.359 e. The van der Waals surface area contributed by atoms with Crippen LogP contribution in [0.5, 0.6) is 0 Å². The van der Waals surface area contributed by atoms with E-state index in [2.05, 4.69) is 17.6 Å². The number of rotatable bonds is 7. The maximum Gasteiger partial charge on any atom is 0.336 e. The molecule has 2 amide bonds. The number of carbonyl (C=O) groups excluding carboxylic acids is 2. The monoisotopic (exact) mass is 470 g/mol. The summed E-state index contributed by atoms with van der Waals surface area (Å²) in [4.78, 5) is 51.2. The highest BCUT2D eigenvalue weighted by atomic mass is 16.2. The molecule has 0 aliphatic heterocycles. The lowest BCUT2D eigenvalue weighted by molar-refractivity contribution is -0.120. The number of nitrogens with zero attached hydrogens (tertiary/aromatic N) is 2. The summed E-state index contributed by atoms with van der Waals surface area (Å²) in [5.74, 6) is -0.522. The normalized spacial score (nSPS) is 10.8. The van der Waals surface area contributed by atoms with Crippen molar-refractivity contribution in [2.24, 2.45) is 0 Å². The van der Waals surface area contributed by atoms with Crippen LogP contribution in [0.15, 0.2) is 82.4 Å². The molecule has 0 bridgehead atoms. The largest absolute Gasteiger partial charge is 0.359 e. The number of amides is 2. The first kappa shape index (κ1) is 23.7. The van der Waals surface area contributed by atoms with E-state index in [0.717, 1.165) is 22.1 Å². The summed E-state index contributed by atoms with van der Waals surface area (Å²) >= 11 is 0. The Morgan fingerprint density at radius 2 is 1.49 bits per heavy atom. The zero-order valence-electron chi connectivity index (χ0n) is 19.6. The van der Waals surface area contributed by atoms with Crippen LogP contribution in [0.4, 0.5) is 5.69 Å². The molecule has 8 heteroatoms. The molecule has 0 aliphatic carbocycles. The summed E-state index contributed by atoms with van der Waals surface area (Å²) in [6.07, 6.45) is 1.08. The molecule has 0 unspecified atom stereocenters. The molecule has 4 aromatic rings. The summed E-state index contributed by atoms with van der Waals surface area (Å²) in [5, 5.41) is 5.70. The molecule has 1 aromatic heterocycles. The van der Waals surface area contributed by atoms with E-state index in [9.17, 15) is 19.2 Å². The fraction of sp³-hybridized carbons (Fsp3) is 0.185. The maximum atomic E-state index is 13.5. The molecule has 0 atom stereocenters. The molecule has 0 radical (unpaired) electrons. The lowest BCUT2D eigenvalue weighted by Crippen LogP contribution is -2.40.